The maximum absolute atomic E-state index is 12.8. The molecule has 116 valence electrons. The zero-order valence-corrected chi connectivity index (χ0v) is 13.4. The Morgan fingerprint density at radius 3 is 2.82 bits per heavy atom. The summed E-state index contributed by atoms with van der Waals surface area (Å²) in [7, 11) is 0. The molecule has 3 rings (SSSR count). The molecular weight excluding hydrogens is 276 g/mol. The van der Waals surface area contributed by atoms with Crippen LogP contribution in [0.2, 0.25) is 0 Å². The summed E-state index contributed by atoms with van der Waals surface area (Å²) in [4.78, 5) is 14.7. The molecule has 0 radical (unpaired) electrons. The fraction of sp³-hybridized carbons (Fsp3) is 0.444. The van der Waals surface area contributed by atoms with E-state index in [1.165, 1.54) is 11.1 Å². The Balaban J connectivity index is 1.86. The third-order valence-electron chi connectivity index (χ3n) is 4.38. The van der Waals surface area contributed by atoms with Crippen molar-refractivity contribution in [1.82, 2.24) is 10.1 Å². The van der Waals surface area contributed by atoms with Crippen molar-refractivity contribution in [2.24, 2.45) is 0 Å². The van der Waals surface area contributed by atoms with Crippen molar-refractivity contribution in [2.75, 3.05) is 6.54 Å². The molecule has 4 nitrogen and oxygen atoms in total. The normalized spacial score (nSPS) is 18.2. The summed E-state index contributed by atoms with van der Waals surface area (Å²) in [5, 5.41) is 3.97. The van der Waals surface area contributed by atoms with Crippen molar-refractivity contribution in [2.45, 2.75) is 45.6 Å². The van der Waals surface area contributed by atoms with E-state index in [9.17, 15) is 4.79 Å². The SMILES string of the molecule is Cc1ccccc1C1CCCN1C(=O)c1cc(C(C)C)on1. The zero-order chi connectivity index (χ0) is 15.7. The monoisotopic (exact) mass is 298 g/mol. The van der Waals surface area contributed by atoms with Crippen LogP contribution in [0.15, 0.2) is 34.9 Å². The highest BCUT2D eigenvalue weighted by molar-refractivity contribution is 5.92. The van der Waals surface area contributed by atoms with Crippen LogP contribution < -0.4 is 0 Å². The van der Waals surface area contributed by atoms with Crippen molar-refractivity contribution in [3.05, 3.63) is 52.9 Å². The molecule has 1 aliphatic rings. The molecule has 2 aromatic rings. The molecule has 1 fully saturated rings. The number of aromatic nitrogens is 1. The van der Waals surface area contributed by atoms with Gasteiger partial charge in [0.15, 0.2) is 5.69 Å². The Labute approximate surface area is 131 Å². The predicted octanol–water partition coefficient (Wildman–Crippen LogP) is 4.08. The van der Waals surface area contributed by atoms with Crippen LogP contribution in [0.4, 0.5) is 0 Å². The van der Waals surface area contributed by atoms with Crippen LogP contribution in [-0.4, -0.2) is 22.5 Å². The number of rotatable bonds is 3. The maximum atomic E-state index is 12.8. The third kappa shape index (κ3) is 2.65. The van der Waals surface area contributed by atoms with Gasteiger partial charge in [-0.2, -0.15) is 0 Å². The minimum Gasteiger partial charge on any atom is -0.360 e. The lowest BCUT2D eigenvalue weighted by Gasteiger charge is -2.25. The summed E-state index contributed by atoms with van der Waals surface area (Å²) in [6.45, 7) is 6.94. The van der Waals surface area contributed by atoms with Crippen molar-refractivity contribution < 1.29 is 9.32 Å². The van der Waals surface area contributed by atoms with E-state index in [-0.39, 0.29) is 17.9 Å². The maximum Gasteiger partial charge on any atom is 0.276 e. The zero-order valence-electron chi connectivity index (χ0n) is 13.4. The lowest BCUT2D eigenvalue weighted by atomic mass is 9.99. The number of benzene rings is 1. The van der Waals surface area contributed by atoms with Gasteiger partial charge in [0, 0.05) is 18.5 Å². The largest absolute Gasteiger partial charge is 0.360 e. The highest BCUT2D eigenvalue weighted by Gasteiger charge is 2.32. The molecule has 0 aliphatic carbocycles. The van der Waals surface area contributed by atoms with Gasteiger partial charge in [0.2, 0.25) is 0 Å². The van der Waals surface area contributed by atoms with Crippen molar-refractivity contribution in [1.29, 1.82) is 0 Å². The van der Waals surface area contributed by atoms with Crippen LogP contribution in [-0.2, 0) is 0 Å². The molecule has 0 spiro atoms. The van der Waals surface area contributed by atoms with Gasteiger partial charge in [-0.05, 0) is 30.9 Å². The summed E-state index contributed by atoms with van der Waals surface area (Å²) >= 11 is 0. The van der Waals surface area contributed by atoms with E-state index in [2.05, 4.69) is 24.2 Å². The first-order valence-corrected chi connectivity index (χ1v) is 7.91. The van der Waals surface area contributed by atoms with Crippen molar-refractivity contribution >= 4 is 5.91 Å². The number of nitrogens with zero attached hydrogens (tertiary/aromatic N) is 2. The second-order valence-electron chi connectivity index (χ2n) is 6.28. The molecule has 1 amide bonds. The minimum absolute atomic E-state index is 0.0265. The lowest BCUT2D eigenvalue weighted by molar-refractivity contribution is 0.0724. The first-order chi connectivity index (χ1) is 10.6. The average molecular weight is 298 g/mol. The standard InChI is InChI=1S/C18H22N2O2/c1-12(2)17-11-15(19-22-17)18(21)20-10-6-9-16(20)14-8-5-4-7-13(14)3/h4-5,7-8,11-12,16H,6,9-10H2,1-3H3. The van der Waals surface area contributed by atoms with E-state index >= 15 is 0 Å². The molecule has 1 atom stereocenters. The molecule has 0 N–H and O–H groups in total. The van der Waals surface area contributed by atoms with E-state index in [0.29, 0.717) is 5.69 Å². The van der Waals surface area contributed by atoms with E-state index in [0.717, 1.165) is 25.1 Å². The smallest absolute Gasteiger partial charge is 0.276 e. The van der Waals surface area contributed by atoms with E-state index in [1.54, 1.807) is 6.07 Å². The second kappa shape index (κ2) is 5.95. The van der Waals surface area contributed by atoms with E-state index in [4.69, 9.17) is 4.52 Å². The van der Waals surface area contributed by atoms with Gasteiger partial charge in [-0.15, -0.1) is 0 Å². The van der Waals surface area contributed by atoms with Gasteiger partial charge in [-0.3, -0.25) is 4.79 Å². The topological polar surface area (TPSA) is 46.3 Å². The Hall–Kier alpha value is -2.10. The molecule has 2 heterocycles. The Kier molecular flexibility index (Phi) is 4.01. The van der Waals surface area contributed by atoms with Crippen LogP contribution >= 0.6 is 0 Å². The fourth-order valence-electron chi connectivity index (χ4n) is 3.10. The Morgan fingerprint density at radius 2 is 2.14 bits per heavy atom. The van der Waals surface area contributed by atoms with E-state index < -0.39 is 0 Å². The van der Waals surface area contributed by atoms with Gasteiger partial charge < -0.3 is 9.42 Å². The molecule has 1 aromatic heterocycles. The lowest BCUT2D eigenvalue weighted by Crippen LogP contribution is -2.31. The van der Waals surface area contributed by atoms with Crippen molar-refractivity contribution in [3.8, 4) is 0 Å². The summed E-state index contributed by atoms with van der Waals surface area (Å²) in [6, 6.07) is 10.2. The quantitative estimate of drug-likeness (QED) is 0.857. The third-order valence-corrected chi connectivity index (χ3v) is 4.38. The molecule has 4 heteroatoms. The average Bonchev–Trinajstić information content (AvgIpc) is 3.16. The highest BCUT2D eigenvalue weighted by atomic mass is 16.5. The molecule has 1 aliphatic heterocycles. The van der Waals surface area contributed by atoms with Gasteiger partial charge in [0.25, 0.3) is 5.91 Å². The summed E-state index contributed by atoms with van der Waals surface area (Å²) in [5.41, 5.74) is 2.89. The van der Waals surface area contributed by atoms with Crippen LogP contribution in [0.5, 0.6) is 0 Å². The number of carbonyl (C=O) groups is 1. The first kappa shape index (κ1) is 14.8. The summed E-state index contributed by atoms with van der Waals surface area (Å²) in [6.07, 6.45) is 2.03. The summed E-state index contributed by atoms with van der Waals surface area (Å²) in [5.74, 6) is 0.969. The van der Waals surface area contributed by atoms with Gasteiger partial charge >= 0.3 is 0 Å². The molecule has 22 heavy (non-hydrogen) atoms. The summed E-state index contributed by atoms with van der Waals surface area (Å²) < 4.78 is 5.27. The van der Waals surface area contributed by atoms with Gasteiger partial charge in [-0.1, -0.05) is 43.3 Å². The molecule has 0 saturated carbocycles. The predicted molar refractivity (Wildman–Crippen MR) is 84.8 cm³/mol. The number of carbonyl (C=O) groups excluding carboxylic acids is 1. The van der Waals surface area contributed by atoms with Gasteiger partial charge in [0.05, 0.1) is 6.04 Å². The number of hydrogen-bond donors (Lipinski definition) is 0. The highest BCUT2D eigenvalue weighted by Crippen LogP contribution is 2.34. The fourth-order valence-corrected chi connectivity index (χ4v) is 3.10. The number of amides is 1. The van der Waals surface area contributed by atoms with E-state index in [1.807, 2.05) is 30.9 Å². The van der Waals surface area contributed by atoms with Crippen LogP contribution in [0, 0.1) is 6.92 Å². The van der Waals surface area contributed by atoms with Gasteiger partial charge in [-0.25, -0.2) is 0 Å². The first-order valence-electron chi connectivity index (χ1n) is 7.91. The molecule has 1 aromatic carbocycles. The number of hydrogen-bond acceptors (Lipinski definition) is 3. The number of aryl methyl sites for hydroxylation is 1. The van der Waals surface area contributed by atoms with Crippen molar-refractivity contribution in [3.63, 3.8) is 0 Å². The molecule has 0 bridgehead atoms. The second-order valence-corrected chi connectivity index (χ2v) is 6.28. The van der Waals surface area contributed by atoms with Crippen LogP contribution in [0.3, 0.4) is 0 Å². The van der Waals surface area contributed by atoms with Gasteiger partial charge in [0.1, 0.15) is 5.76 Å². The van der Waals surface area contributed by atoms with Crippen LogP contribution in [0.25, 0.3) is 0 Å². The molecular formula is C18H22N2O2. The number of likely N-dealkylation sites (tertiary alicyclic amines) is 1. The Bertz CT molecular complexity index is 675. The molecule has 1 saturated heterocycles. The van der Waals surface area contributed by atoms with Crippen LogP contribution in [0.1, 0.15) is 66.0 Å². The molecule has 1 unspecified atom stereocenters. The minimum atomic E-state index is -0.0265. The Morgan fingerprint density at radius 1 is 1.36 bits per heavy atom.